The van der Waals surface area contributed by atoms with Gasteiger partial charge in [0.2, 0.25) is 0 Å². The summed E-state index contributed by atoms with van der Waals surface area (Å²) in [5.41, 5.74) is 0.595. The molecule has 2 aromatic heterocycles. The second-order valence-corrected chi connectivity index (χ2v) is 2.24. The summed E-state index contributed by atoms with van der Waals surface area (Å²) < 4.78 is 4.89. The fourth-order valence-electron chi connectivity index (χ4n) is 0.811. The van der Waals surface area contributed by atoms with Gasteiger partial charge in [0.25, 0.3) is 5.89 Å². The number of aryl methyl sites for hydroxylation is 1. The summed E-state index contributed by atoms with van der Waals surface area (Å²) in [5, 5.41) is 3.64. The van der Waals surface area contributed by atoms with Crippen molar-refractivity contribution >= 4 is 0 Å². The predicted octanol–water partition coefficient (Wildman–Crippen LogP) is 0.835. The lowest BCUT2D eigenvalue weighted by Crippen LogP contribution is -1.83. The van der Waals surface area contributed by atoms with Crippen molar-refractivity contribution in [3.63, 3.8) is 0 Å². The Bertz CT molecular complexity index is 370. The molecule has 0 saturated heterocycles. The third kappa shape index (κ3) is 1.16. The van der Waals surface area contributed by atoms with Gasteiger partial charge >= 0.3 is 0 Å². The fraction of sp³-hybridized carbons (Fsp3) is 0.143. The third-order valence-electron chi connectivity index (χ3n) is 1.31. The molecule has 2 heterocycles. The molecule has 0 atom stereocenters. The van der Waals surface area contributed by atoms with Crippen LogP contribution in [-0.2, 0) is 0 Å². The second kappa shape index (κ2) is 2.69. The Hall–Kier alpha value is -1.78. The zero-order chi connectivity index (χ0) is 8.39. The quantitative estimate of drug-likeness (QED) is 0.621. The first-order chi connectivity index (χ1) is 5.86. The number of nitrogens with zero attached hydrogens (tertiary/aromatic N) is 4. The van der Waals surface area contributed by atoms with Crippen LogP contribution in [0.15, 0.2) is 23.1 Å². The molecule has 0 aliphatic rings. The molecule has 0 aromatic carbocycles. The average molecular weight is 162 g/mol. The molecule has 60 valence electrons. The third-order valence-corrected chi connectivity index (χ3v) is 1.31. The number of hydrogen-bond donors (Lipinski definition) is 0. The Morgan fingerprint density at radius 3 is 2.83 bits per heavy atom. The van der Waals surface area contributed by atoms with Crippen LogP contribution < -0.4 is 0 Å². The minimum atomic E-state index is 0.403. The summed E-state index contributed by atoms with van der Waals surface area (Å²) in [6.45, 7) is 1.75. The summed E-state index contributed by atoms with van der Waals surface area (Å²) in [5.74, 6) is 0.997. The van der Waals surface area contributed by atoms with E-state index in [2.05, 4.69) is 20.1 Å². The molecule has 0 aliphatic heterocycles. The summed E-state index contributed by atoms with van der Waals surface area (Å²) in [4.78, 5) is 11.9. The molecule has 0 bridgehead atoms. The van der Waals surface area contributed by atoms with E-state index in [1.54, 1.807) is 25.5 Å². The molecule has 5 heteroatoms. The number of hydrogen-bond acceptors (Lipinski definition) is 5. The van der Waals surface area contributed by atoms with E-state index in [0.717, 1.165) is 0 Å². The highest BCUT2D eigenvalue weighted by Gasteiger charge is 2.05. The van der Waals surface area contributed by atoms with Gasteiger partial charge in [-0.1, -0.05) is 5.16 Å². The first kappa shape index (κ1) is 6.90. The summed E-state index contributed by atoms with van der Waals surface area (Å²) in [7, 11) is 0. The monoisotopic (exact) mass is 162 g/mol. The van der Waals surface area contributed by atoms with Gasteiger partial charge in [-0.25, -0.2) is 4.98 Å². The van der Waals surface area contributed by atoms with Crippen molar-refractivity contribution < 1.29 is 4.52 Å². The number of rotatable bonds is 1. The van der Waals surface area contributed by atoms with Crippen molar-refractivity contribution in [2.75, 3.05) is 0 Å². The zero-order valence-corrected chi connectivity index (χ0v) is 6.43. The molecule has 2 aromatic rings. The Labute approximate surface area is 68.5 Å². The molecule has 0 unspecified atom stereocenters. The zero-order valence-electron chi connectivity index (χ0n) is 6.43. The van der Waals surface area contributed by atoms with E-state index in [9.17, 15) is 0 Å². The van der Waals surface area contributed by atoms with Crippen molar-refractivity contribution in [3.05, 3.63) is 24.4 Å². The molecule has 0 N–H and O–H groups in total. The number of aromatic nitrogens is 4. The van der Waals surface area contributed by atoms with Crippen LogP contribution in [0.4, 0.5) is 0 Å². The van der Waals surface area contributed by atoms with E-state index in [1.165, 1.54) is 0 Å². The van der Waals surface area contributed by atoms with Crippen LogP contribution in [-0.4, -0.2) is 20.1 Å². The Morgan fingerprint density at radius 1 is 1.33 bits per heavy atom. The van der Waals surface area contributed by atoms with Crippen LogP contribution in [0, 0.1) is 6.92 Å². The van der Waals surface area contributed by atoms with Gasteiger partial charge in [-0.3, -0.25) is 4.98 Å². The van der Waals surface area contributed by atoms with Crippen LogP contribution in [0.1, 0.15) is 5.82 Å². The summed E-state index contributed by atoms with van der Waals surface area (Å²) in [6, 6.07) is 0. The first-order valence-electron chi connectivity index (χ1n) is 3.43. The normalized spacial score (nSPS) is 10.1. The second-order valence-electron chi connectivity index (χ2n) is 2.24. The standard InChI is InChI=1S/C7H6N4O/c1-5-10-7(12-11-5)6-4-8-2-3-9-6/h2-4H,1H3. The van der Waals surface area contributed by atoms with Crippen molar-refractivity contribution in [3.8, 4) is 11.6 Å². The lowest BCUT2D eigenvalue weighted by atomic mass is 10.4. The van der Waals surface area contributed by atoms with Gasteiger partial charge in [-0.2, -0.15) is 4.98 Å². The maximum Gasteiger partial charge on any atom is 0.278 e. The topological polar surface area (TPSA) is 64.7 Å². The highest BCUT2D eigenvalue weighted by molar-refractivity contribution is 5.43. The van der Waals surface area contributed by atoms with Gasteiger partial charge in [0.1, 0.15) is 5.69 Å². The van der Waals surface area contributed by atoms with Gasteiger partial charge in [-0.15, -0.1) is 0 Å². The maximum absolute atomic E-state index is 4.89. The maximum atomic E-state index is 4.89. The lowest BCUT2D eigenvalue weighted by molar-refractivity contribution is 0.424. The van der Waals surface area contributed by atoms with Crippen molar-refractivity contribution in [1.82, 2.24) is 20.1 Å². The van der Waals surface area contributed by atoms with Crippen LogP contribution in [0.3, 0.4) is 0 Å². The Kier molecular flexibility index (Phi) is 1.55. The van der Waals surface area contributed by atoms with Crippen LogP contribution >= 0.6 is 0 Å². The lowest BCUT2D eigenvalue weighted by Gasteiger charge is -1.88. The minimum absolute atomic E-state index is 0.403. The molecule has 0 spiro atoms. The largest absolute Gasteiger partial charge is 0.332 e. The summed E-state index contributed by atoms with van der Waals surface area (Å²) in [6.07, 6.45) is 4.74. The molecule has 5 nitrogen and oxygen atoms in total. The van der Waals surface area contributed by atoms with Crippen LogP contribution in [0.5, 0.6) is 0 Å². The van der Waals surface area contributed by atoms with Gasteiger partial charge in [-0.05, 0) is 6.92 Å². The molecular weight excluding hydrogens is 156 g/mol. The minimum Gasteiger partial charge on any atom is -0.332 e. The molecule has 0 amide bonds. The molecular formula is C7H6N4O. The molecule has 0 saturated carbocycles. The molecule has 12 heavy (non-hydrogen) atoms. The van der Waals surface area contributed by atoms with Crippen molar-refractivity contribution in [2.45, 2.75) is 6.92 Å². The van der Waals surface area contributed by atoms with E-state index in [4.69, 9.17) is 4.52 Å². The van der Waals surface area contributed by atoms with E-state index in [-0.39, 0.29) is 0 Å². The van der Waals surface area contributed by atoms with Gasteiger partial charge in [0, 0.05) is 12.4 Å². The van der Waals surface area contributed by atoms with Gasteiger partial charge in [0.15, 0.2) is 5.82 Å². The Balaban J connectivity index is 2.45. The Morgan fingerprint density at radius 2 is 2.25 bits per heavy atom. The van der Waals surface area contributed by atoms with E-state index in [0.29, 0.717) is 17.4 Å². The van der Waals surface area contributed by atoms with E-state index >= 15 is 0 Å². The molecule has 0 fully saturated rings. The van der Waals surface area contributed by atoms with Crippen LogP contribution in [0.25, 0.3) is 11.6 Å². The van der Waals surface area contributed by atoms with E-state index < -0.39 is 0 Å². The fourth-order valence-corrected chi connectivity index (χ4v) is 0.811. The molecule has 0 aliphatic carbocycles. The van der Waals surface area contributed by atoms with Crippen molar-refractivity contribution in [2.24, 2.45) is 0 Å². The first-order valence-corrected chi connectivity index (χ1v) is 3.43. The van der Waals surface area contributed by atoms with Gasteiger partial charge in [0.05, 0.1) is 6.20 Å². The molecule has 0 radical (unpaired) electrons. The molecule has 2 rings (SSSR count). The van der Waals surface area contributed by atoms with Crippen molar-refractivity contribution in [1.29, 1.82) is 0 Å². The highest BCUT2D eigenvalue weighted by atomic mass is 16.5. The van der Waals surface area contributed by atoms with E-state index in [1.807, 2.05) is 0 Å². The SMILES string of the molecule is Cc1noc(-c2cnccn2)n1. The predicted molar refractivity (Wildman–Crippen MR) is 40.1 cm³/mol. The smallest absolute Gasteiger partial charge is 0.278 e. The summed E-state index contributed by atoms with van der Waals surface area (Å²) >= 11 is 0. The average Bonchev–Trinajstić information content (AvgIpc) is 2.54. The highest BCUT2D eigenvalue weighted by Crippen LogP contribution is 2.10. The van der Waals surface area contributed by atoms with Crippen LogP contribution in [0.2, 0.25) is 0 Å². The van der Waals surface area contributed by atoms with Gasteiger partial charge < -0.3 is 4.52 Å².